The lowest BCUT2D eigenvalue weighted by Crippen LogP contribution is -3.00. The van der Waals surface area contributed by atoms with Gasteiger partial charge in [0.15, 0.2) is 0 Å². The fraction of sp³-hybridized carbons (Fsp3) is 1.00. The second-order valence-corrected chi connectivity index (χ2v) is 7.22. The first-order chi connectivity index (χ1) is 10.4. The van der Waals surface area contributed by atoms with Gasteiger partial charge in [0.1, 0.15) is 17.7 Å². The summed E-state index contributed by atoms with van der Waals surface area (Å²) in [6, 6.07) is 0. The molecule has 0 aliphatic heterocycles. The van der Waals surface area contributed by atoms with Gasteiger partial charge in [0.25, 0.3) is 0 Å². The van der Waals surface area contributed by atoms with E-state index in [-0.39, 0.29) is 17.0 Å². The molecule has 23 heavy (non-hydrogen) atoms. The maximum atomic E-state index is 9.80. The highest BCUT2D eigenvalue weighted by Gasteiger charge is 2.39. The molecule has 0 rings (SSSR count). The van der Waals surface area contributed by atoms with Gasteiger partial charge in [-0.1, -0.05) is 77.6 Å². The first-order valence-electron chi connectivity index (χ1n) is 9.66. The Morgan fingerprint density at radius 1 is 0.696 bits per heavy atom. The maximum absolute atomic E-state index is 9.80. The monoisotopic (exact) mass is 395 g/mol. The lowest BCUT2D eigenvalue weighted by Gasteiger charge is -2.31. The van der Waals surface area contributed by atoms with Crippen molar-refractivity contribution in [2.24, 2.45) is 0 Å². The first kappa shape index (κ1) is 25.6. The molecule has 0 spiro atoms. The third-order valence-electron chi connectivity index (χ3n) is 5.16. The van der Waals surface area contributed by atoms with Gasteiger partial charge in [-0.3, -0.25) is 0 Å². The van der Waals surface area contributed by atoms with Crippen molar-refractivity contribution in [1.29, 1.82) is 0 Å². The van der Waals surface area contributed by atoms with Gasteiger partial charge >= 0.3 is 0 Å². The van der Waals surface area contributed by atoms with Crippen LogP contribution in [0.4, 0.5) is 0 Å². The normalized spacial score (nSPS) is 16.4. The van der Waals surface area contributed by atoms with Crippen LogP contribution in [0.5, 0.6) is 0 Å². The molecular formula is C19H42BrNO2. The predicted octanol–water partition coefficient (Wildman–Crippen LogP) is 0.824. The molecule has 0 bridgehead atoms. The Kier molecular flexibility index (Phi) is 17.7. The third-order valence-corrected chi connectivity index (χ3v) is 5.16. The van der Waals surface area contributed by atoms with Gasteiger partial charge < -0.3 is 32.9 Å². The molecule has 0 aromatic carbocycles. The average molecular weight is 396 g/mol. The van der Waals surface area contributed by atoms with Crippen molar-refractivity contribution in [3.63, 3.8) is 0 Å². The van der Waals surface area contributed by atoms with E-state index >= 15 is 0 Å². The molecule has 5 N–H and O–H groups in total. The van der Waals surface area contributed by atoms with E-state index in [1.165, 1.54) is 70.6 Å². The van der Waals surface area contributed by atoms with Crippen LogP contribution in [0.2, 0.25) is 0 Å². The molecular weight excluding hydrogens is 354 g/mol. The van der Waals surface area contributed by atoms with E-state index in [2.05, 4.69) is 12.7 Å². The van der Waals surface area contributed by atoms with E-state index in [9.17, 15) is 10.2 Å². The minimum Gasteiger partial charge on any atom is -1.00 e. The summed E-state index contributed by atoms with van der Waals surface area (Å²) in [7, 11) is 0. The SMILES string of the molecule is CCCCCCCCCCCCCCC([NH3+])(C(C)O)C(C)O.[Br-]. The van der Waals surface area contributed by atoms with Crippen LogP contribution in [0, 0.1) is 0 Å². The highest BCUT2D eigenvalue weighted by Crippen LogP contribution is 2.20. The molecule has 0 aliphatic carbocycles. The van der Waals surface area contributed by atoms with Crippen molar-refractivity contribution in [1.82, 2.24) is 0 Å². The Morgan fingerprint density at radius 3 is 1.30 bits per heavy atom. The summed E-state index contributed by atoms with van der Waals surface area (Å²) >= 11 is 0. The van der Waals surface area contributed by atoms with Gasteiger partial charge in [0.2, 0.25) is 0 Å². The number of hydrogen-bond donors (Lipinski definition) is 3. The summed E-state index contributed by atoms with van der Waals surface area (Å²) in [6.07, 6.45) is 15.6. The molecule has 0 aliphatic rings. The molecule has 0 aromatic heterocycles. The third kappa shape index (κ3) is 12.4. The van der Waals surface area contributed by atoms with E-state index in [0.717, 1.165) is 12.8 Å². The average Bonchev–Trinajstić information content (AvgIpc) is 2.47. The molecule has 0 radical (unpaired) electrons. The highest BCUT2D eigenvalue weighted by molar-refractivity contribution is 4.87. The second-order valence-electron chi connectivity index (χ2n) is 7.22. The summed E-state index contributed by atoms with van der Waals surface area (Å²) in [5, 5.41) is 19.6. The van der Waals surface area contributed by atoms with Gasteiger partial charge in [-0.15, -0.1) is 0 Å². The number of aliphatic hydroxyl groups is 2. The molecule has 0 heterocycles. The van der Waals surface area contributed by atoms with E-state index in [4.69, 9.17) is 0 Å². The molecule has 4 heteroatoms. The Bertz CT molecular complexity index is 240. The van der Waals surface area contributed by atoms with Gasteiger partial charge in [0, 0.05) is 6.42 Å². The Morgan fingerprint density at radius 2 is 1.00 bits per heavy atom. The van der Waals surface area contributed by atoms with Crippen molar-refractivity contribution in [3.8, 4) is 0 Å². The molecule has 3 nitrogen and oxygen atoms in total. The standard InChI is InChI=1S/C19H41NO2.BrH/c1-4-5-6-7-8-9-10-11-12-13-14-15-16-19(20,17(2)21)18(3)22;/h17-18,21-22H,4-16,20H2,1-3H3;1H. The number of quaternary nitrogens is 1. The summed E-state index contributed by atoms with van der Waals surface area (Å²) < 4.78 is 0. The van der Waals surface area contributed by atoms with Crippen molar-refractivity contribution in [2.75, 3.05) is 0 Å². The number of aliphatic hydroxyl groups excluding tert-OH is 2. The quantitative estimate of drug-likeness (QED) is 0.359. The van der Waals surface area contributed by atoms with Crippen LogP contribution in [0.25, 0.3) is 0 Å². The zero-order valence-corrected chi connectivity index (χ0v) is 17.4. The predicted molar refractivity (Wildman–Crippen MR) is 94.7 cm³/mol. The molecule has 142 valence electrons. The lowest BCUT2D eigenvalue weighted by atomic mass is 9.83. The summed E-state index contributed by atoms with van der Waals surface area (Å²) in [5.41, 5.74) is 3.46. The zero-order chi connectivity index (χ0) is 16.8. The summed E-state index contributed by atoms with van der Waals surface area (Å²) in [6.45, 7) is 5.74. The van der Waals surface area contributed by atoms with Gasteiger partial charge in [-0.25, -0.2) is 0 Å². The van der Waals surface area contributed by atoms with E-state index in [1.807, 2.05) is 0 Å². The van der Waals surface area contributed by atoms with Gasteiger partial charge in [0.05, 0.1) is 0 Å². The van der Waals surface area contributed by atoms with Crippen LogP contribution in [0.3, 0.4) is 0 Å². The van der Waals surface area contributed by atoms with E-state index < -0.39 is 17.7 Å². The number of unbranched alkanes of at least 4 members (excludes halogenated alkanes) is 11. The smallest absolute Gasteiger partial charge is 0.146 e. The molecule has 0 saturated heterocycles. The minimum atomic E-state index is -0.599. The molecule has 0 amide bonds. The summed E-state index contributed by atoms with van der Waals surface area (Å²) in [5.74, 6) is 0. The maximum Gasteiger partial charge on any atom is 0.146 e. The molecule has 0 aromatic rings. The van der Waals surface area contributed by atoms with Crippen LogP contribution in [-0.4, -0.2) is 28.0 Å². The van der Waals surface area contributed by atoms with Crippen LogP contribution < -0.4 is 22.7 Å². The number of rotatable bonds is 15. The first-order valence-corrected chi connectivity index (χ1v) is 9.66. The molecule has 2 unspecified atom stereocenters. The van der Waals surface area contributed by atoms with Crippen molar-refractivity contribution < 1.29 is 32.9 Å². The number of hydrogen-bond acceptors (Lipinski definition) is 2. The largest absolute Gasteiger partial charge is 1.00 e. The highest BCUT2D eigenvalue weighted by atomic mass is 79.9. The van der Waals surface area contributed by atoms with Crippen LogP contribution in [-0.2, 0) is 0 Å². The van der Waals surface area contributed by atoms with Crippen LogP contribution >= 0.6 is 0 Å². The van der Waals surface area contributed by atoms with Crippen molar-refractivity contribution in [2.45, 2.75) is 122 Å². The molecule has 2 atom stereocenters. The Labute approximate surface area is 155 Å². The fourth-order valence-corrected chi connectivity index (χ4v) is 3.06. The number of halogens is 1. The van der Waals surface area contributed by atoms with Gasteiger partial charge in [-0.2, -0.15) is 0 Å². The van der Waals surface area contributed by atoms with Gasteiger partial charge in [-0.05, 0) is 20.3 Å². The molecule has 0 fully saturated rings. The topological polar surface area (TPSA) is 68.1 Å². The minimum absolute atomic E-state index is 0. The van der Waals surface area contributed by atoms with E-state index in [0.29, 0.717) is 0 Å². The van der Waals surface area contributed by atoms with Crippen molar-refractivity contribution >= 4 is 0 Å². The molecule has 0 saturated carbocycles. The fourth-order valence-electron chi connectivity index (χ4n) is 3.06. The van der Waals surface area contributed by atoms with Crippen LogP contribution in [0.1, 0.15) is 104 Å². The second kappa shape index (κ2) is 15.9. The van der Waals surface area contributed by atoms with Crippen molar-refractivity contribution in [3.05, 3.63) is 0 Å². The van der Waals surface area contributed by atoms with E-state index in [1.54, 1.807) is 13.8 Å². The van der Waals surface area contributed by atoms with Crippen LogP contribution in [0.15, 0.2) is 0 Å². The lowest BCUT2D eigenvalue weighted by molar-refractivity contribution is -0.514. The zero-order valence-electron chi connectivity index (χ0n) is 15.8. The summed E-state index contributed by atoms with van der Waals surface area (Å²) in [4.78, 5) is 0. The Balaban J connectivity index is 0. The Hall–Kier alpha value is 0.360.